The minimum atomic E-state index is -0.663. The van der Waals surface area contributed by atoms with E-state index in [2.05, 4.69) is 5.32 Å². The summed E-state index contributed by atoms with van der Waals surface area (Å²) in [5.74, 6) is -0.252. The van der Waals surface area contributed by atoms with Crippen LogP contribution in [0.25, 0.3) is 6.08 Å². The summed E-state index contributed by atoms with van der Waals surface area (Å²) in [4.78, 5) is 22.6. The van der Waals surface area contributed by atoms with Gasteiger partial charge in [0.1, 0.15) is 11.8 Å². The van der Waals surface area contributed by atoms with Crippen LogP contribution in [0, 0.1) is 0 Å². The van der Waals surface area contributed by atoms with Gasteiger partial charge in [0.2, 0.25) is 5.91 Å². The van der Waals surface area contributed by atoms with Crippen molar-refractivity contribution in [3.05, 3.63) is 30.2 Å². The fourth-order valence-corrected chi connectivity index (χ4v) is 1.13. The highest BCUT2D eigenvalue weighted by Gasteiger charge is 2.14. The molecule has 1 aromatic rings. The summed E-state index contributed by atoms with van der Waals surface area (Å²) in [6.07, 6.45) is 4.33. The van der Waals surface area contributed by atoms with Crippen LogP contribution < -0.4 is 5.32 Å². The summed E-state index contributed by atoms with van der Waals surface area (Å²) in [5, 5.41) is 2.48. The molecule has 0 saturated carbocycles. The summed E-state index contributed by atoms with van der Waals surface area (Å²) in [5.41, 5.74) is 0. The molecule has 0 aliphatic carbocycles. The van der Waals surface area contributed by atoms with Crippen molar-refractivity contribution in [2.45, 2.75) is 19.9 Å². The van der Waals surface area contributed by atoms with Gasteiger partial charge in [-0.3, -0.25) is 4.79 Å². The first-order valence-corrected chi connectivity index (χ1v) is 5.32. The molecule has 1 rings (SSSR count). The van der Waals surface area contributed by atoms with Crippen molar-refractivity contribution < 1.29 is 18.7 Å². The molecule has 1 amide bonds. The molecule has 1 N–H and O–H groups in total. The van der Waals surface area contributed by atoms with Gasteiger partial charge in [-0.2, -0.15) is 0 Å². The fourth-order valence-electron chi connectivity index (χ4n) is 1.13. The molecule has 0 aliphatic heterocycles. The predicted molar refractivity (Wildman–Crippen MR) is 62.0 cm³/mol. The van der Waals surface area contributed by atoms with E-state index in [0.29, 0.717) is 12.4 Å². The average molecular weight is 237 g/mol. The zero-order valence-corrected chi connectivity index (χ0v) is 9.80. The van der Waals surface area contributed by atoms with Crippen molar-refractivity contribution in [1.29, 1.82) is 0 Å². The number of ether oxygens (including phenoxy) is 1. The van der Waals surface area contributed by atoms with Crippen LogP contribution in [0.1, 0.15) is 19.6 Å². The Morgan fingerprint density at radius 2 is 2.35 bits per heavy atom. The standard InChI is InChI=1S/C12H15NO4/c1-3-16-12(15)9(2)13-11(14)7-6-10-5-4-8-17-10/h4-9H,3H2,1-2H3,(H,13,14)/b7-6+. The normalized spacial score (nSPS) is 12.4. The van der Waals surface area contributed by atoms with Gasteiger partial charge in [0.15, 0.2) is 0 Å². The van der Waals surface area contributed by atoms with Crippen molar-refractivity contribution in [2.75, 3.05) is 6.61 Å². The first kappa shape index (κ1) is 13.0. The molecule has 1 unspecified atom stereocenters. The highest BCUT2D eigenvalue weighted by Crippen LogP contribution is 2.01. The zero-order valence-electron chi connectivity index (χ0n) is 9.80. The van der Waals surface area contributed by atoms with E-state index in [1.807, 2.05) is 0 Å². The maximum absolute atomic E-state index is 11.4. The van der Waals surface area contributed by atoms with Crippen molar-refractivity contribution in [3.63, 3.8) is 0 Å². The molecule has 0 fully saturated rings. The van der Waals surface area contributed by atoms with Crippen molar-refractivity contribution in [2.24, 2.45) is 0 Å². The van der Waals surface area contributed by atoms with E-state index < -0.39 is 12.0 Å². The average Bonchev–Trinajstić information content (AvgIpc) is 2.79. The largest absolute Gasteiger partial charge is 0.465 e. The van der Waals surface area contributed by atoms with Crippen LogP contribution in [-0.4, -0.2) is 24.5 Å². The summed E-state index contributed by atoms with van der Waals surface area (Å²) in [6, 6.07) is 2.78. The topological polar surface area (TPSA) is 68.5 Å². The van der Waals surface area contributed by atoms with E-state index in [4.69, 9.17) is 9.15 Å². The number of rotatable bonds is 5. The summed E-state index contributed by atoms with van der Waals surface area (Å²) < 4.78 is 9.78. The Balaban J connectivity index is 2.41. The number of amides is 1. The van der Waals surface area contributed by atoms with Gasteiger partial charge in [-0.1, -0.05) is 0 Å². The Morgan fingerprint density at radius 1 is 1.59 bits per heavy atom. The molecule has 0 radical (unpaired) electrons. The lowest BCUT2D eigenvalue weighted by Crippen LogP contribution is -2.38. The Kier molecular flexibility index (Phi) is 5.00. The third-order valence-electron chi connectivity index (χ3n) is 1.94. The Hall–Kier alpha value is -2.04. The molecule has 0 bridgehead atoms. The minimum absolute atomic E-state index is 0.293. The molecule has 0 aliphatic rings. The minimum Gasteiger partial charge on any atom is -0.465 e. The highest BCUT2D eigenvalue weighted by atomic mass is 16.5. The quantitative estimate of drug-likeness (QED) is 0.620. The maximum Gasteiger partial charge on any atom is 0.328 e. The Bertz CT molecular complexity index is 395. The van der Waals surface area contributed by atoms with Gasteiger partial charge < -0.3 is 14.5 Å². The fraction of sp³-hybridized carbons (Fsp3) is 0.333. The van der Waals surface area contributed by atoms with Crippen molar-refractivity contribution >= 4 is 18.0 Å². The van der Waals surface area contributed by atoms with E-state index in [1.54, 1.807) is 26.0 Å². The molecule has 17 heavy (non-hydrogen) atoms. The lowest BCUT2D eigenvalue weighted by Gasteiger charge is -2.10. The Morgan fingerprint density at radius 3 is 2.94 bits per heavy atom. The molecule has 0 saturated heterocycles. The first-order valence-electron chi connectivity index (χ1n) is 5.32. The summed E-state index contributed by atoms with van der Waals surface area (Å²) in [7, 11) is 0. The molecule has 0 aromatic carbocycles. The van der Waals surface area contributed by atoms with Crippen LogP contribution in [0.5, 0.6) is 0 Å². The maximum atomic E-state index is 11.4. The van der Waals surface area contributed by atoms with Crippen LogP contribution in [0.2, 0.25) is 0 Å². The van der Waals surface area contributed by atoms with E-state index in [-0.39, 0.29) is 5.91 Å². The van der Waals surface area contributed by atoms with Crippen LogP contribution >= 0.6 is 0 Å². The third kappa shape index (κ3) is 4.55. The SMILES string of the molecule is CCOC(=O)C(C)NC(=O)/C=C/c1ccco1. The number of hydrogen-bond donors (Lipinski definition) is 1. The second-order valence-corrected chi connectivity index (χ2v) is 3.33. The van der Waals surface area contributed by atoms with Crippen molar-refractivity contribution in [3.8, 4) is 0 Å². The smallest absolute Gasteiger partial charge is 0.328 e. The van der Waals surface area contributed by atoms with Crippen LogP contribution in [-0.2, 0) is 14.3 Å². The predicted octanol–water partition coefficient (Wildman–Crippen LogP) is 1.36. The second-order valence-electron chi connectivity index (χ2n) is 3.33. The number of furan rings is 1. The molecular weight excluding hydrogens is 222 g/mol. The van der Waals surface area contributed by atoms with Gasteiger partial charge in [-0.05, 0) is 32.1 Å². The van der Waals surface area contributed by atoms with Crippen LogP contribution in [0.4, 0.5) is 0 Å². The van der Waals surface area contributed by atoms with Gasteiger partial charge >= 0.3 is 5.97 Å². The lowest BCUT2D eigenvalue weighted by atomic mass is 10.3. The lowest BCUT2D eigenvalue weighted by molar-refractivity contribution is -0.146. The molecule has 1 aromatic heterocycles. The van der Waals surface area contributed by atoms with E-state index in [9.17, 15) is 9.59 Å². The molecule has 0 spiro atoms. The number of nitrogens with one attached hydrogen (secondary N) is 1. The first-order chi connectivity index (χ1) is 8.13. The number of hydrogen-bond acceptors (Lipinski definition) is 4. The number of esters is 1. The van der Waals surface area contributed by atoms with Crippen LogP contribution in [0.15, 0.2) is 28.9 Å². The van der Waals surface area contributed by atoms with E-state index in [0.717, 1.165) is 0 Å². The molecule has 92 valence electrons. The Labute approximate surface area is 99.4 Å². The molecule has 5 nitrogen and oxygen atoms in total. The third-order valence-corrected chi connectivity index (χ3v) is 1.94. The highest BCUT2D eigenvalue weighted by molar-refractivity contribution is 5.94. The number of carbonyl (C=O) groups excluding carboxylic acids is 2. The monoisotopic (exact) mass is 237 g/mol. The molecule has 5 heteroatoms. The summed E-state index contributed by atoms with van der Waals surface area (Å²) >= 11 is 0. The van der Waals surface area contributed by atoms with Gasteiger partial charge in [0, 0.05) is 6.08 Å². The number of carbonyl (C=O) groups is 2. The van der Waals surface area contributed by atoms with Crippen molar-refractivity contribution in [1.82, 2.24) is 5.32 Å². The van der Waals surface area contributed by atoms with Gasteiger partial charge in [0.25, 0.3) is 0 Å². The molecular formula is C12H15NO4. The van der Waals surface area contributed by atoms with Gasteiger partial charge in [0.05, 0.1) is 12.9 Å². The van der Waals surface area contributed by atoms with E-state index >= 15 is 0 Å². The zero-order chi connectivity index (χ0) is 12.7. The van der Waals surface area contributed by atoms with Crippen LogP contribution in [0.3, 0.4) is 0 Å². The van der Waals surface area contributed by atoms with Gasteiger partial charge in [-0.25, -0.2) is 4.79 Å². The molecule has 1 heterocycles. The van der Waals surface area contributed by atoms with E-state index in [1.165, 1.54) is 18.4 Å². The van der Waals surface area contributed by atoms with Gasteiger partial charge in [-0.15, -0.1) is 0 Å². The summed E-state index contributed by atoms with van der Waals surface area (Å²) in [6.45, 7) is 3.57. The second kappa shape index (κ2) is 6.52. The molecule has 1 atom stereocenters.